The molecular formula is C17H16BrClFN4P. The van der Waals surface area contributed by atoms with Gasteiger partial charge in [0.25, 0.3) is 0 Å². The Morgan fingerprint density at radius 1 is 1.28 bits per heavy atom. The van der Waals surface area contributed by atoms with E-state index in [1.54, 1.807) is 6.20 Å². The maximum absolute atomic E-state index is 14.7. The normalized spacial score (nSPS) is 11.3. The topological polar surface area (TPSA) is 50.7 Å². The molecule has 130 valence electrons. The van der Waals surface area contributed by atoms with Gasteiger partial charge in [-0.1, -0.05) is 20.9 Å². The molecule has 0 unspecified atom stereocenters. The van der Waals surface area contributed by atoms with Crippen LogP contribution in [0.25, 0.3) is 10.9 Å². The van der Waals surface area contributed by atoms with E-state index in [2.05, 4.69) is 49.5 Å². The van der Waals surface area contributed by atoms with Crippen LogP contribution in [0, 0.1) is 5.82 Å². The van der Waals surface area contributed by atoms with Gasteiger partial charge in [0.05, 0.1) is 10.2 Å². The molecule has 0 atom stereocenters. The van der Waals surface area contributed by atoms with Gasteiger partial charge >= 0.3 is 0 Å². The molecule has 0 bridgehead atoms. The van der Waals surface area contributed by atoms with Crippen molar-refractivity contribution in [3.8, 4) is 0 Å². The Balaban J connectivity index is 2.21. The number of nitrogens with one attached hydrogen (secondary N) is 1. The van der Waals surface area contributed by atoms with Crippen molar-refractivity contribution in [2.24, 2.45) is 0 Å². The lowest BCUT2D eigenvalue weighted by Gasteiger charge is -2.18. The quantitative estimate of drug-likeness (QED) is 0.444. The Kier molecular flexibility index (Phi) is 5.52. The summed E-state index contributed by atoms with van der Waals surface area (Å²) in [4.78, 5) is 12.6. The van der Waals surface area contributed by atoms with E-state index in [0.29, 0.717) is 21.5 Å². The summed E-state index contributed by atoms with van der Waals surface area (Å²) in [5.74, 6) is 0.139. The van der Waals surface area contributed by atoms with Crippen LogP contribution in [-0.2, 0) is 6.42 Å². The van der Waals surface area contributed by atoms with E-state index in [1.165, 1.54) is 6.07 Å². The van der Waals surface area contributed by atoms with E-state index in [0.717, 1.165) is 22.8 Å². The summed E-state index contributed by atoms with van der Waals surface area (Å²) in [6, 6.07) is 5.38. The van der Waals surface area contributed by atoms with E-state index in [1.807, 2.05) is 19.1 Å². The zero-order valence-electron chi connectivity index (χ0n) is 13.9. The second-order valence-electron chi connectivity index (χ2n) is 5.66. The number of hydrogen-bond acceptors (Lipinski definition) is 4. The van der Waals surface area contributed by atoms with Crippen LogP contribution in [-0.4, -0.2) is 28.3 Å². The third kappa shape index (κ3) is 3.76. The molecule has 1 N–H and O–H groups in total. The Hall–Kier alpha value is -1.36. The standard InChI is InChI=1S/C17H16BrClFN4P/c1-4-9-5-6-10-14(22-9)12(20)7-13(15(10)25(2)3)23-16-11(18)8-21-17(19)24-16/h5-8H,4H2,1-3H3,(H,21,23,24). The third-order valence-electron chi connectivity index (χ3n) is 3.74. The predicted octanol–water partition coefficient (Wildman–Crippen LogP) is 5.25. The van der Waals surface area contributed by atoms with Crippen molar-refractivity contribution in [1.29, 1.82) is 0 Å². The van der Waals surface area contributed by atoms with Gasteiger partial charge in [-0.15, -0.1) is 0 Å². The number of aromatic nitrogens is 3. The molecule has 0 fully saturated rings. The molecule has 0 spiro atoms. The van der Waals surface area contributed by atoms with Gasteiger partial charge in [0.2, 0.25) is 5.28 Å². The van der Waals surface area contributed by atoms with Crippen LogP contribution in [0.4, 0.5) is 15.9 Å². The van der Waals surface area contributed by atoms with E-state index in [9.17, 15) is 4.39 Å². The van der Waals surface area contributed by atoms with Gasteiger partial charge in [0, 0.05) is 28.6 Å². The van der Waals surface area contributed by atoms with Gasteiger partial charge in [-0.25, -0.2) is 14.4 Å². The maximum atomic E-state index is 14.7. The van der Waals surface area contributed by atoms with E-state index in [4.69, 9.17) is 11.6 Å². The first-order valence-corrected chi connectivity index (χ1v) is 11.1. The minimum atomic E-state index is -0.517. The SMILES string of the molecule is CCc1ccc2c(P(C)C)c(Nc3nc(Cl)ncc3Br)cc(F)c2n1. The van der Waals surface area contributed by atoms with Crippen molar-refractivity contribution in [2.45, 2.75) is 13.3 Å². The molecule has 0 aliphatic heterocycles. The Morgan fingerprint density at radius 3 is 2.72 bits per heavy atom. The third-order valence-corrected chi connectivity index (χ3v) is 5.88. The first-order chi connectivity index (χ1) is 11.9. The highest BCUT2D eigenvalue weighted by Gasteiger charge is 2.18. The number of hydrogen-bond donors (Lipinski definition) is 1. The Morgan fingerprint density at radius 2 is 2.04 bits per heavy atom. The summed E-state index contributed by atoms with van der Waals surface area (Å²) < 4.78 is 15.4. The lowest BCUT2D eigenvalue weighted by atomic mass is 10.1. The van der Waals surface area contributed by atoms with Crippen LogP contribution < -0.4 is 10.6 Å². The van der Waals surface area contributed by atoms with Crippen molar-refractivity contribution >= 4 is 63.2 Å². The summed E-state index contributed by atoms with van der Waals surface area (Å²) >= 11 is 9.27. The van der Waals surface area contributed by atoms with Crippen LogP contribution in [0.1, 0.15) is 12.6 Å². The molecule has 2 aromatic heterocycles. The van der Waals surface area contributed by atoms with Crippen molar-refractivity contribution in [1.82, 2.24) is 15.0 Å². The molecule has 25 heavy (non-hydrogen) atoms. The van der Waals surface area contributed by atoms with E-state index in [-0.39, 0.29) is 11.1 Å². The van der Waals surface area contributed by atoms with Crippen LogP contribution >= 0.6 is 35.5 Å². The number of nitrogens with zero attached hydrogens (tertiary/aromatic N) is 3. The second-order valence-corrected chi connectivity index (χ2v) is 9.09. The van der Waals surface area contributed by atoms with Crippen molar-refractivity contribution in [3.05, 3.63) is 45.7 Å². The van der Waals surface area contributed by atoms with Gasteiger partial charge in [-0.05, 0) is 53.3 Å². The molecule has 1 aromatic carbocycles. The number of anilines is 2. The monoisotopic (exact) mass is 440 g/mol. The molecule has 4 nitrogen and oxygen atoms in total. The number of aryl methyl sites for hydroxylation is 1. The first kappa shape index (κ1) is 18.4. The molecule has 0 saturated heterocycles. The number of benzene rings is 1. The fourth-order valence-corrected chi connectivity index (χ4v) is 4.30. The average molecular weight is 442 g/mol. The number of pyridine rings is 1. The fourth-order valence-electron chi connectivity index (χ4n) is 2.62. The largest absolute Gasteiger partial charge is 0.339 e. The summed E-state index contributed by atoms with van der Waals surface area (Å²) in [7, 11) is -0.517. The maximum Gasteiger partial charge on any atom is 0.224 e. The fraction of sp³-hybridized carbons (Fsp3) is 0.235. The summed E-state index contributed by atoms with van der Waals surface area (Å²) in [5, 5.41) is 5.18. The minimum absolute atomic E-state index is 0.123. The lowest BCUT2D eigenvalue weighted by Crippen LogP contribution is -2.12. The highest BCUT2D eigenvalue weighted by atomic mass is 79.9. The molecule has 3 rings (SSSR count). The molecule has 0 aliphatic rings. The summed E-state index contributed by atoms with van der Waals surface area (Å²) in [6.07, 6.45) is 2.33. The van der Waals surface area contributed by atoms with Gasteiger partial charge in [-0.3, -0.25) is 0 Å². The summed E-state index contributed by atoms with van der Waals surface area (Å²) in [5.41, 5.74) is 1.96. The molecule has 0 radical (unpaired) electrons. The minimum Gasteiger partial charge on any atom is -0.339 e. The smallest absolute Gasteiger partial charge is 0.224 e. The highest BCUT2D eigenvalue weighted by Crippen LogP contribution is 2.36. The van der Waals surface area contributed by atoms with Gasteiger partial charge in [0.15, 0.2) is 5.82 Å². The number of fused-ring (bicyclic) bond motifs is 1. The van der Waals surface area contributed by atoms with Gasteiger partial charge < -0.3 is 5.32 Å². The van der Waals surface area contributed by atoms with E-state index >= 15 is 0 Å². The zero-order valence-corrected chi connectivity index (χ0v) is 17.2. The molecule has 3 aromatic rings. The number of rotatable bonds is 4. The Labute approximate surface area is 160 Å². The number of halogens is 3. The predicted molar refractivity (Wildman–Crippen MR) is 108 cm³/mol. The molecule has 0 saturated carbocycles. The van der Waals surface area contributed by atoms with Crippen LogP contribution in [0.2, 0.25) is 5.28 Å². The van der Waals surface area contributed by atoms with Gasteiger partial charge in [-0.2, -0.15) is 4.98 Å². The molecular weight excluding hydrogens is 426 g/mol. The van der Waals surface area contributed by atoms with Crippen LogP contribution in [0.5, 0.6) is 0 Å². The first-order valence-electron chi connectivity index (χ1n) is 7.65. The van der Waals surface area contributed by atoms with Crippen molar-refractivity contribution < 1.29 is 4.39 Å². The molecule has 0 aliphatic carbocycles. The summed E-state index contributed by atoms with van der Waals surface area (Å²) in [6.45, 7) is 6.26. The molecule has 0 amide bonds. The lowest BCUT2D eigenvalue weighted by molar-refractivity contribution is 0.637. The van der Waals surface area contributed by atoms with Crippen molar-refractivity contribution in [3.63, 3.8) is 0 Å². The highest BCUT2D eigenvalue weighted by molar-refractivity contribution is 9.10. The van der Waals surface area contributed by atoms with E-state index < -0.39 is 7.92 Å². The molecule has 8 heteroatoms. The van der Waals surface area contributed by atoms with Gasteiger partial charge in [0.1, 0.15) is 11.3 Å². The van der Waals surface area contributed by atoms with Crippen LogP contribution in [0.15, 0.2) is 28.9 Å². The average Bonchev–Trinajstić information content (AvgIpc) is 2.57. The van der Waals surface area contributed by atoms with Crippen molar-refractivity contribution in [2.75, 3.05) is 18.6 Å². The molecule has 2 heterocycles. The van der Waals surface area contributed by atoms with Crippen LogP contribution in [0.3, 0.4) is 0 Å². The zero-order chi connectivity index (χ0) is 18.1. The Bertz CT molecular complexity index is 952. The second kappa shape index (κ2) is 7.48.